The van der Waals surface area contributed by atoms with Crippen molar-refractivity contribution >= 4 is 23.3 Å². The van der Waals surface area contributed by atoms with Crippen LogP contribution in [-0.4, -0.2) is 110 Å². The summed E-state index contributed by atoms with van der Waals surface area (Å²) in [7, 11) is 5.40. The number of carboxylic acid groups (broad SMARTS) is 1. The minimum absolute atomic E-state index is 0.00563. The molecule has 2 aromatic rings. The number of nitro groups is 1. The molecule has 45 heavy (non-hydrogen) atoms. The molecular weight excluding hydrogens is 578 g/mol. The lowest BCUT2D eigenvalue weighted by Crippen LogP contribution is -2.47. The van der Waals surface area contributed by atoms with Gasteiger partial charge in [0, 0.05) is 62.8 Å². The Morgan fingerprint density at radius 3 is 2.33 bits per heavy atom. The van der Waals surface area contributed by atoms with Crippen molar-refractivity contribution < 1.29 is 29.1 Å². The maximum atomic E-state index is 13.6. The number of likely N-dealkylation sites (N-methyl/N-ethyl adjacent to an activating group) is 1. The van der Waals surface area contributed by atoms with Crippen molar-refractivity contribution in [2.75, 3.05) is 78.5 Å². The second-order valence-electron chi connectivity index (χ2n) is 11.5. The molecule has 1 unspecified atom stereocenters. The average Bonchev–Trinajstić information content (AvgIpc) is 3.02. The highest BCUT2D eigenvalue weighted by Crippen LogP contribution is 2.43. The smallest absolute Gasteiger partial charge is 0.336 e. The Morgan fingerprint density at radius 1 is 1.00 bits per heavy atom. The summed E-state index contributed by atoms with van der Waals surface area (Å²) in [4.78, 5) is 45.9. The molecule has 0 radical (unpaired) electrons. The minimum Gasteiger partial charge on any atom is -0.495 e. The van der Waals surface area contributed by atoms with E-state index in [0.29, 0.717) is 30.0 Å². The summed E-state index contributed by atoms with van der Waals surface area (Å²) in [6.07, 6.45) is 0.737. The molecule has 0 bridgehead atoms. The number of aliphatic carboxylic acids is 1. The van der Waals surface area contributed by atoms with Gasteiger partial charge in [0.15, 0.2) is 0 Å². The molecule has 0 amide bonds. The zero-order valence-electron chi connectivity index (χ0n) is 26.7. The third-order valence-electron chi connectivity index (χ3n) is 8.46. The van der Waals surface area contributed by atoms with Gasteiger partial charge in [0.2, 0.25) is 0 Å². The normalized spacial score (nSPS) is 17.6. The number of benzene rings is 2. The molecule has 1 atom stereocenters. The molecule has 0 aliphatic carbocycles. The van der Waals surface area contributed by atoms with Gasteiger partial charge in [-0.3, -0.25) is 15.0 Å². The molecule has 0 aromatic heterocycles. The minimum atomic E-state index is -1.19. The molecule has 1 fully saturated rings. The summed E-state index contributed by atoms with van der Waals surface area (Å²) < 4.78 is 11.2. The highest BCUT2D eigenvalue weighted by atomic mass is 16.6. The standard InChI is InChI=1S/C33H43N5O7/c1-23-29(32(39)40)31(25-10-8-11-26(22-25)38(42)43)30(33(41)45-21-20-34(3)4)24(2)37(23)15-9-14-35-16-18-36(19-17-35)27-12-6-7-13-28(27)44-5/h6-8,10-13,22,31H,9,14-21H2,1-5H3,(H,39,40). The number of carbonyl (C=O) groups is 2. The molecule has 0 saturated carbocycles. The number of carbonyl (C=O) groups excluding carboxylic acids is 1. The number of nitrogens with zero attached hydrogens (tertiary/aromatic N) is 5. The number of methoxy groups -OCH3 is 1. The number of anilines is 1. The van der Waals surface area contributed by atoms with Crippen molar-refractivity contribution in [3.05, 3.63) is 86.7 Å². The molecule has 12 heteroatoms. The summed E-state index contributed by atoms with van der Waals surface area (Å²) in [5.41, 5.74) is 2.54. The van der Waals surface area contributed by atoms with Crippen molar-refractivity contribution in [3.8, 4) is 5.75 Å². The zero-order valence-corrected chi connectivity index (χ0v) is 26.7. The lowest BCUT2D eigenvalue weighted by molar-refractivity contribution is -0.384. The Labute approximate surface area is 264 Å². The lowest BCUT2D eigenvalue weighted by atomic mass is 9.79. The van der Waals surface area contributed by atoms with E-state index in [0.717, 1.165) is 50.6 Å². The number of hydrogen-bond donors (Lipinski definition) is 1. The van der Waals surface area contributed by atoms with E-state index in [1.54, 1.807) is 27.0 Å². The van der Waals surface area contributed by atoms with E-state index in [4.69, 9.17) is 9.47 Å². The summed E-state index contributed by atoms with van der Waals surface area (Å²) in [5.74, 6) is -1.98. The first-order valence-electron chi connectivity index (χ1n) is 15.1. The Kier molecular flexibility index (Phi) is 11.2. The number of non-ortho nitro benzene ring substituents is 1. The largest absolute Gasteiger partial charge is 0.495 e. The highest BCUT2D eigenvalue weighted by Gasteiger charge is 2.40. The van der Waals surface area contributed by atoms with E-state index >= 15 is 0 Å². The van der Waals surface area contributed by atoms with Crippen LogP contribution in [0.5, 0.6) is 5.75 Å². The van der Waals surface area contributed by atoms with Crippen LogP contribution in [0, 0.1) is 10.1 Å². The van der Waals surface area contributed by atoms with Gasteiger partial charge < -0.3 is 29.3 Å². The fraction of sp³-hybridized carbons (Fsp3) is 0.455. The Morgan fingerprint density at radius 2 is 1.69 bits per heavy atom. The Hall–Kier alpha value is -4.42. The highest BCUT2D eigenvalue weighted by molar-refractivity contribution is 5.99. The SMILES string of the molecule is COc1ccccc1N1CCN(CCCN2C(C)=C(C(=O)O)C(c3cccc([N+](=O)[O-])c3)C(C(=O)OCCN(C)C)=C2C)CC1. The lowest BCUT2D eigenvalue weighted by Gasteiger charge is -2.39. The van der Waals surface area contributed by atoms with E-state index in [2.05, 4.69) is 15.9 Å². The van der Waals surface area contributed by atoms with E-state index in [-0.39, 0.29) is 23.4 Å². The van der Waals surface area contributed by atoms with Gasteiger partial charge >= 0.3 is 11.9 Å². The van der Waals surface area contributed by atoms with Crippen LogP contribution in [0.25, 0.3) is 0 Å². The van der Waals surface area contributed by atoms with Gasteiger partial charge in [0.25, 0.3) is 5.69 Å². The number of rotatable bonds is 13. The van der Waals surface area contributed by atoms with Crippen LogP contribution < -0.4 is 9.64 Å². The summed E-state index contributed by atoms with van der Waals surface area (Å²) in [5, 5.41) is 22.0. The molecule has 4 rings (SSSR count). The van der Waals surface area contributed by atoms with Gasteiger partial charge in [0.1, 0.15) is 12.4 Å². The maximum Gasteiger partial charge on any atom is 0.336 e. The van der Waals surface area contributed by atoms with E-state index in [9.17, 15) is 24.8 Å². The van der Waals surface area contributed by atoms with Gasteiger partial charge in [-0.1, -0.05) is 24.3 Å². The maximum absolute atomic E-state index is 13.6. The quantitative estimate of drug-likeness (QED) is 0.198. The first-order chi connectivity index (χ1) is 21.5. The number of nitro benzene ring substituents is 1. The van der Waals surface area contributed by atoms with E-state index in [1.165, 1.54) is 18.2 Å². The van der Waals surface area contributed by atoms with Crippen molar-refractivity contribution in [2.45, 2.75) is 26.2 Å². The number of carboxylic acids is 1. The van der Waals surface area contributed by atoms with Crippen molar-refractivity contribution in [1.82, 2.24) is 14.7 Å². The average molecular weight is 622 g/mol. The molecule has 242 valence electrons. The van der Waals surface area contributed by atoms with Crippen molar-refractivity contribution in [1.29, 1.82) is 0 Å². The molecular formula is C33H43N5O7. The number of para-hydroxylation sites is 2. The van der Waals surface area contributed by atoms with Crippen LogP contribution in [-0.2, 0) is 14.3 Å². The van der Waals surface area contributed by atoms with Crippen LogP contribution in [0.4, 0.5) is 11.4 Å². The topological polar surface area (TPSA) is 129 Å². The number of ether oxygens (including phenoxy) is 2. The van der Waals surface area contributed by atoms with Gasteiger partial charge in [-0.05, 0) is 58.6 Å². The number of esters is 1. The molecule has 0 spiro atoms. The summed E-state index contributed by atoms with van der Waals surface area (Å²) >= 11 is 0. The number of hydrogen-bond acceptors (Lipinski definition) is 10. The molecule has 2 aliphatic rings. The Bertz CT molecular complexity index is 1460. The van der Waals surface area contributed by atoms with E-state index < -0.39 is 22.8 Å². The predicted molar refractivity (Wildman–Crippen MR) is 171 cm³/mol. The first kappa shape index (κ1) is 33.5. The van der Waals surface area contributed by atoms with Gasteiger partial charge in [-0.25, -0.2) is 9.59 Å². The molecule has 2 aromatic carbocycles. The van der Waals surface area contributed by atoms with Crippen LogP contribution in [0.1, 0.15) is 31.7 Å². The van der Waals surface area contributed by atoms with E-state index in [1.807, 2.05) is 42.1 Å². The predicted octanol–water partition coefficient (Wildman–Crippen LogP) is 3.95. The fourth-order valence-electron chi connectivity index (χ4n) is 6.09. The fourth-order valence-corrected chi connectivity index (χ4v) is 6.09. The molecule has 1 saturated heterocycles. The number of allylic oxidation sites excluding steroid dienone is 2. The van der Waals surface area contributed by atoms with Crippen LogP contribution in [0.3, 0.4) is 0 Å². The first-order valence-corrected chi connectivity index (χ1v) is 15.1. The molecule has 2 aliphatic heterocycles. The van der Waals surface area contributed by atoms with Gasteiger partial charge in [-0.15, -0.1) is 0 Å². The second-order valence-corrected chi connectivity index (χ2v) is 11.5. The molecule has 1 N–H and O–H groups in total. The van der Waals surface area contributed by atoms with Gasteiger partial charge in [-0.2, -0.15) is 0 Å². The van der Waals surface area contributed by atoms with Crippen LogP contribution >= 0.6 is 0 Å². The summed E-state index contributed by atoms with van der Waals surface area (Å²) in [6, 6.07) is 13.8. The molecule has 12 nitrogen and oxygen atoms in total. The van der Waals surface area contributed by atoms with Gasteiger partial charge in [0.05, 0.1) is 34.8 Å². The summed E-state index contributed by atoms with van der Waals surface area (Å²) in [6.45, 7) is 8.91. The third-order valence-corrected chi connectivity index (χ3v) is 8.46. The monoisotopic (exact) mass is 621 g/mol. The number of piperazine rings is 1. The molecule has 2 heterocycles. The van der Waals surface area contributed by atoms with Crippen molar-refractivity contribution in [3.63, 3.8) is 0 Å². The Balaban J connectivity index is 1.55. The zero-order chi connectivity index (χ0) is 32.7. The third kappa shape index (κ3) is 7.81. The van der Waals surface area contributed by atoms with Crippen LogP contribution in [0.15, 0.2) is 71.1 Å². The van der Waals surface area contributed by atoms with Crippen molar-refractivity contribution in [2.24, 2.45) is 0 Å². The second kappa shape index (κ2) is 15.0. The van der Waals surface area contributed by atoms with Crippen LogP contribution in [0.2, 0.25) is 0 Å².